The minimum Gasteiger partial charge on any atom is -0.465 e. The lowest BCUT2D eigenvalue weighted by atomic mass is 9.96. The number of hydrogen-bond donors (Lipinski definition) is 1. The van der Waals surface area contributed by atoms with E-state index in [-0.39, 0.29) is 5.97 Å². The van der Waals surface area contributed by atoms with E-state index in [1.54, 1.807) is 0 Å². The summed E-state index contributed by atoms with van der Waals surface area (Å²) >= 11 is 1.99. The molecule has 1 saturated heterocycles. The first-order chi connectivity index (χ1) is 10.0. The fraction of sp³-hybridized carbons (Fsp3) is 0.938. The minimum atomic E-state index is -0.518. The second kappa shape index (κ2) is 7.84. The molecule has 4 nitrogen and oxygen atoms in total. The number of esters is 1. The number of nitrogens with one attached hydrogen (secondary N) is 1. The molecule has 1 heterocycles. The van der Waals surface area contributed by atoms with E-state index in [1.807, 2.05) is 25.6 Å². The van der Waals surface area contributed by atoms with Gasteiger partial charge in [0.15, 0.2) is 0 Å². The largest absolute Gasteiger partial charge is 0.465 e. The molecule has 0 radical (unpaired) electrons. The molecule has 1 aliphatic heterocycles. The van der Waals surface area contributed by atoms with Gasteiger partial charge in [0.2, 0.25) is 0 Å². The summed E-state index contributed by atoms with van der Waals surface area (Å²) in [5.41, 5.74) is -0.518. The summed E-state index contributed by atoms with van der Waals surface area (Å²) in [6.45, 7) is 7.36. The number of carbonyl (C=O) groups excluding carboxylic acids is 1. The lowest BCUT2D eigenvalue weighted by Gasteiger charge is -2.29. The monoisotopic (exact) mass is 315 g/mol. The maximum Gasteiger partial charge on any atom is 0.326 e. The molecule has 0 spiro atoms. The Bertz CT molecular complexity index is 348. The van der Waals surface area contributed by atoms with Gasteiger partial charge in [0.05, 0.1) is 12.7 Å². The third-order valence-corrected chi connectivity index (χ3v) is 5.86. The molecule has 3 atom stereocenters. The molecule has 1 N–H and O–H groups in total. The summed E-state index contributed by atoms with van der Waals surface area (Å²) in [4.78, 5) is 12.2. The first-order valence-corrected chi connectivity index (χ1v) is 9.28. The zero-order chi connectivity index (χ0) is 15.3. The predicted octanol–water partition coefficient (Wildman–Crippen LogP) is 2.75. The van der Waals surface area contributed by atoms with Crippen LogP contribution >= 0.6 is 11.8 Å². The normalized spacial score (nSPS) is 28.3. The smallest absolute Gasteiger partial charge is 0.326 e. The minimum absolute atomic E-state index is 0.0977. The molecule has 5 heteroatoms. The maximum absolute atomic E-state index is 12.2. The highest BCUT2D eigenvalue weighted by atomic mass is 32.2. The van der Waals surface area contributed by atoms with Gasteiger partial charge in [0, 0.05) is 17.9 Å². The molecule has 2 rings (SSSR count). The van der Waals surface area contributed by atoms with Crippen molar-refractivity contribution in [2.24, 2.45) is 0 Å². The Morgan fingerprint density at radius 2 is 2.19 bits per heavy atom. The lowest BCUT2D eigenvalue weighted by Crippen LogP contribution is -2.51. The first-order valence-electron chi connectivity index (χ1n) is 8.23. The van der Waals surface area contributed by atoms with Crippen LogP contribution in [0.4, 0.5) is 0 Å². The van der Waals surface area contributed by atoms with Gasteiger partial charge in [-0.1, -0.05) is 0 Å². The molecule has 0 aromatic heterocycles. The summed E-state index contributed by atoms with van der Waals surface area (Å²) in [6, 6.07) is 0.510. The second-order valence-electron chi connectivity index (χ2n) is 6.35. The summed E-state index contributed by atoms with van der Waals surface area (Å²) in [5, 5.41) is 4.10. The average Bonchev–Trinajstić information content (AvgIpc) is 3.16. The van der Waals surface area contributed by atoms with E-state index in [2.05, 4.69) is 12.2 Å². The molecule has 3 unspecified atom stereocenters. The van der Waals surface area contributed by atoms with Gasteiger partial charge in [-0.3, -0.25) is 10.1 Å². The van der Waals surface area contributed by atoms with Crippen LogP contribution in [-0.4, -0.2) is 47.9 Å². The molecule has 0 bridgehead atoms. The molecular weight excluding hydrogens is 286 g/mol. The van der Waals surface area contributed by atoms with Gasteiger partial charge < -0.3 is 9.47 Å². The van der Waals surface area contributed by atoms with Crippen LogP contribution in [-0.2, 0) is 14.3 Å². The van der Waals surface area contributed by atoms with Crippen molar-refractivity contribution < 1.29 is 14.3 Å². The number of rotatable bonds is 9. The Hall–Kier alpha value is -0.260. The van der Waals surface area contributed by atoms with E-state index < -0.39 is 5.54 Å². The van der Waals surface area contributed by atoms with Gasteiger partial charge >= 0.3 is 5.97 Å². The highest BCUT2D eigenvalue weighted by molar-refractivity contribution is 7.99. The van der Waals surface area contributed by atoms with Crippen molar-refractivity contribution in [2.75, 3.05) is 19.0 Å². The van der Waals surface area contributed by atoms with Gasteiger partial charge in [-0.05, 0) is 58.6 Å². The van der Waals surface area contributed by atoms with Crippen molar-refractivity contribution in [1.82, 2.24) is 5.32 Å². The molecule has 2 aliphatic rings. The van der Waals surface area contributed by atoms with Crippen LogP contribution < -0.4 is 5.32 Å². The van der Waals surface area contributed by atoms with Gasteiger partial charge in [0.25, 0.3) is 0 Å². The van der Waals surface area contributed by atoms with Crippen LogP contribution in [0.15, 0.2) is 0 Å². The van der Waals surface area contributed by atoms with Crippen LogP contribution in [0.5, 0.6) is 0 Å². The summed E-state index contributed by atoms with van der Waals surface area (Å²) in [6.07, 6.45) is 5.76. The van der Waals surface area contributed by atoms with Crippen molar-refractivity contribution in [2.45, 2.75) is 75.8 Å². The molecule has 122 valence electrons. The van der Waals surface area contributed by atoms with E-state index in [0.29, 0.717) is 24.0 Å². The maximum atomic E-state index is 12.2. The predicted molar refractivity (Wildman–Crippen MR) is 86.7 cm³/mol. The third-order valence-electron chi connectivity index (χ3n) is 4.29. The van der Waals surface area contributed by atoms with Gasteiger partial charge in [-0.15, -0.1) is 0 Å². The third kappa shape index (κ3) is 5.15. The molecule has 1 aliphatic carbocycles. The lowest BCUT2D eigenvalue weighted by molar-refractivity contribution is -0.151. The highest BCUT2D eigenvalue weighted by Gasteiger charge is 2.39. The summed E-state index contributed by atoms with van der Waals surface area (Å²) in [5.74, 6) is 0.985. The van der Waals surface area contributed by atoms with Crippen molar-refractivity contribution in [3.63, 3.8) is 0 Å². The van der Waals surface area contributed by atoms with Gasteiger partial charge in [0.1, 0.15) is 5.54 Å². The average molecular weight is 315 g/mol. The van der Waals surface area contributed by atoms with Crippen molar-refractivity contribution >= 4 is 17.7 Å². The summed E-state index contributed by atoms with van der Waals surface area (Å²) < 4.78 is 10.8. The van der Waals surface area contributed by atoms with E-state index >= 15 is 0 Å². The fourth-order valence-corrected chi connectivity index (χ4v) is 4.02. The number of thioether (sulfide) groups is 1. The van der Waals surface area contributed by atoms with Crippen molar-refractivity contribution in [1.29, 1.82) is 0 Å². The van der Waals surface area contributed by atoms with E-state index in [1.165, 1.54) is 12.8 Å². The van der Waals surface area contributed by atoms with Gasteiger partial charge in [-0.2, -0.15) is 11.8 Å². The Labute approximate surface area is 132 Å². The number of carbonyl (C=O) groups is 1. The summed E-state index contributed by atoms with van der Waals surface area (Å²) in [7, 11) is 0. The van der Waals surface area contributed by atoms with Gasteiger partial charge in [-0.25, -0.2) is 0 Å². The molecular formula is C16H29NO3S. The van der Waals surface area contributed by atoms with Crippen LogP contribution in [0.1, 0.15) is 52.9 Å². The molecule has 2 fully saturated rings. The molecule has 21 heavy (non-hydrogen) atoms. The Balaban J connectivity index is 1.74. The Morgan fingerprint density at radius 1 is 1.43 bits per heavy atom. The van der Waals surface area contributed by atoms with Crippen LogP contribution in [0.3, 0.4) is 0 Å². The quantitative estimate of drug-likeness (QED) is 0.524. The van der Waals surface area contributed by atoms with E-state index in [4.69, 9.17) is 9.47 Å². The standard InChI is InChI=1S/C16H29NO3S/c1-4-19-15(18)16(3,17-13-6-7-13)9-5-11-21-14-8-10-20-12(14)2/h12-14,17H,4-11H2,1-3H3. The van der Waals surface area contributed by atoms with Crippen LogP contribution in [0.25, 0.3) is 0 Å². The first kappa shape index (κ1) is 17.1. The number of ether oxygens (including phenoxy) is 2. The zero-order valence-electron chi connectivity index (χ0n) is 13.5. The molecule has 0 aromatic carbocycles. The molecule has 1 saturated carbocycles. The zero-order valence-corrected chi connectivity index (χ0v) is 14.3. The molecule has 0 aromatic rings. The number of hydrogen-bond acceptors (Lipinski definition) is 5. The van der Waals surface area contributed by atoms with Crippen molar-refractivity contribution in [3.8, 4) is 0 Å². The van der Waals surface area contributed by atoms with E-state index in [0.717, 1.165) is 31.6 Å². The van der Waals surface area contributed by atoms with Crippen molar-refractivity contribution in [3.05, 3.63) is 0 Å². The van der Waals surface area contributed by atoms with E-state index in [9.17, 15) is 4.79 Å². The van der Waals surface area contributed by atoms with Crippen LogP contribution in [0, 0.1) is 0 Å². The fourth-order valence-electron chi connectivity index (χ4n) is 2.79. The highest BCUT2D eigenvalue weighted by Crippen LogP contribution is 2.29. The Morgan fingerprint density at radius 3 is 2.76 bits per heavy atom. The topological polar surface area (TPSA) is 47.6 Å². The second-order valence-corrected chi connectivity index (χ2v) is 7.70. The van der Waals surface area contributed by atoms with Crippen LogP contribution in [0.2, 0.25) is 0 Å². The Kier molecular flexibility index (Phi) is 6.38. The molecule has 0 amide bonds. The SMILES string of the molecule is CCOC(=O)C(C)(CCCSC1CCOC1C)NC1CC1.